The predicted octanol–water partition coefficient (Wildman–Crippen LogP) is 1.84. The molecule has 0 unspecified atom stereocenters. The molecule has 1 aliphatic carbocycles. The molecular formula is C12H19N3O2. The number of nitrogens with zero attached hydrogens (tertiary/aromatic N) is 2. The van der Waals surface area contributed by atoms with Crippen LogP contribution >= 0.6 is 0 Å². The molecule has 17 heavy (non-hydrogen) atoms. The molecule has 0 aromatic carbocycles. The monoisotopic (exact) mass is 237 g/mol. The summed E-state index contributed by atoms with van der Waals surface area (Å²) in [6.07, 6.45) is 2.55. The number of methoxy groups -OCH3 is 1. The van der Waals surface area contributed by atoms with Crippen LogP contribution in [0, 0.1) is 5.92 Å². The fourth-order valence-electron chi connectivity index (χ4n) is 1.50. The lowest BCUT2D eigenvalue weighted by Crippen LogP contribution is -2.08. The highest BCUT2D eigenvalue weighted by Crippen LogP contribution is 2.29. The molecule has 1 aromatic rings. The molecule has 0 atom stereocenters. The van der Waals surface area contributed by atoms with Crippen molar-refractivity contribution < 1.29 is 9.47 Å². The average Bonchev–Trinajstić information content (AvgIpc) is 3.11. The molecule has 1 aromatic heterocycles. The van der Waals surface area contributed by atoms with Gasteiger partial charge in [-0.2, -0.15) is 4.98 Å². The molecule has 0 aliphatic heterocycles. The van der Waals surface area contributed by atoms with E-state index in [0.29, 0.717) is 18.3 Å². The minimum atomic E-state index is 0.402. The zero-order chi connectivity index (χ0) is 12.1. The van der Waals surface area contributed by atoms with Crippen LogP contribution < -0.4 is 10.1 Å². The van der Waals surface area contributed by atoms with Gasteiger partial charge in [0.1, 0.15) is 12.4 Å². The minimum Gasteiger partial charge on any atom is -0.477 e. The number of rotatable bonds is 7. The van der Waals surface area contributed by atoms with Gasteiger partial charge in [0.2, 0.25) is 5.88 Å². The Morgan fingerprint density at radius 3 is 2.88 bits per heavy atom. The van der Waals surface area contributed by atoms with E-state index < -0.39 is 0 Å². The van der Waals surface area contributed by atoms with Gasteiger partial charge in [0.25, 0.3) is 0 Å². The van der Waals surface area contributed by atoms with E-state index in [9.17, 15) is 0 Å². The van der Waals surface area contributed by atoms with Crippen LogP contribution in [-0.4, -0.2) is 30.2 Å². The number of ether oxygens (including phenoxy) is 2. The molecule has 0 bridgehead atoms. The molecule has 1 N–H and O–H groups in total. The normalized spacial score (nSPS) is 14.7. The lowest BCUT2D eigenvalue weighted by Gasteiger charge is -2.09. The maximum Gasteiger partial charge on any atom is 0.218 e. The van der Waals surface area contributed by atoms with E-state index in [0.717, 1.165) is 24.9 Å². The molecule has 1 fully saturated rings. The first-order valence-electron chi connectivity index (χ1n) is 6.05. The summed E-state index contributed by atoms with van der Waals surface area (Å²) in [5.74, 6) is 2.80. The lowest BCUT2D eigenvalue weighted by molar-refractivity contribution is 0.176. The molecule has 94 valence electrons. The second kappa shape index (κ2) is 5.82. The van der Waals surface area contributed by atoms with Gasteiger partial charge in [-0.1, -0.05) is 0 Å². The van der Waals surface area contributed by atoms with Gasteiger partial charge in [0.05, 0.1) is 6.61 Å². The second-order valence-electron chi connectivity index (χ2n) is 4.23. The van der Waals surface area contributed by atoms with Crippen LogP contribution in [0.4, 0.5) is 5.82 Å². The van der Waals surface area contributed by atoms with Gasteiger partial charge in [-0.05, 0) is 25.7 Å². The second-order valence-corrected chi connectivity index (χ2v) is 4.23. The van der Waals surface area contributed by atoms with E-state index in [1.165, 1.54) is 12.8 Å². The number of anilines is 1. The lowest BCUT2D eigenvalue weighted by atomic mass is 10.4. The van der Waals surface area contributed by atoms with E-state index in [1.54, 1.807) is 7.11 Å². The van der Waals surface area contributed by atoms with Crippen LogP contribution in [0.1, 0.15) is 25.6 Å². The van der Waals surface area contributed by atoms with Crippen LogP contribution in [0.5, 0.6) is 5.88 Å². The van der Waals surface area contributed by atoms with Gasteiger partial charge in [0.15, 0.2) is 5.82 Å². The minimum absolute atomic E-state index is 0.402. The topological polar surface area (TPSA) is 56.3 Å². The van der Waals surface area contributed by atoms with Crippen molar-refractivity contribution in [2.24, 2.45) is 5.92 Å². The van der Waals surface area contributed by atoms with Crippen molar-refractivity contribution in [1.29, 1.82) is 0 Å². The van der Waals surface area contributed by atoms with Crippen LogP contribution in [0.25, 0.3) is 0 Å². The van der Waals surface area contributed by atoms with Crippen LogP contribution in [0.15, 0.2) is 6.07 Å². The highest BCUT2D eigenvalue weighted by Gasteiger charge is 2.22. The molecule has 1 aliphatic rings. The number of aromatic nitrogens is 2. The van der Waals surface area contributed by atoms with Crippen molar-refractivity contribution in [2.45, 2.75) is 26.4 Å². The molecule has 0 radical (unpaired) electrons. The predicted molar refractivity (Wildman–Crippen MR) is 65.1 cm³/mol. The summed E-state index contributed by atoms with van der Waals surface area (Å²) in [7, 11) is 1.63. The first-order valence-corrected chi connectivity index (χ1v) is 6.05. The fourth-order valence-corrected chi connectivity index (χ4v) is 1.50. The first-order chi connectivity index (χ1) is 8.31. The Balaban J connectivity index is 2.04. The van der Waals surface area contributed by atoms with Crippen molar-refractivity contribution in [1.82, 2.24) is 9.97 Å². The van der Waals surface area contributed by atoms with Gasteiger partial charge in [-0.25, -0.2) is 4.98 Å². The van der Waals surface area contributed by atoms with Crippen molar-refractivity contribution in [3.63, 3.8) is 0 Å². The Morgan fingerprint density at radius 2 is 2.24 bits per heavy atom. The van der Waals surface area contributed by atoms with Crippen molar-refractivity contribution in [2.75, 3.05) is 25.6 Å². The molecule has 2 rings (SSSR count). The van der Waals surface area contributed by atoms with E-state index >= 15 is 0 Å². The average molecular weight is 237 g/mol. The summed E-state index contributed by atoms with van der Waals surface area (Å²) in [6, 6.07) is 1.84. The van der Waals surface area contributed by atoms with Crippen LogP contribution in [0.2, 0.25) is 0 Å². The molecule has 5 nitrogen and oxygen atoms in total. The largest absolute Gasteiger partial charge is 0.477 e. The van der Waals surface area contributed by atoms with E-state index in [-0.39, 0.29) is 0 Å². The van der Waals surface area contributed by atoms with Gasteiger partial charge >= 0.3 is 0 Å². The molecular weight excluding hydrogens is 218 g/mol. The van der Waals surface area contributed by atoms with Gasteiger partial charge < -0.3 is 14.8 Å². The highest BCUT2D eigenvalue weighted by molar-refractivity contribution is 5.38. The summed E-state index contributed by atoms with van der Waals surface area (Å²) in [6.45, 7) is 4.02. The Morgan fingerprint density at radius 1 is 1.41 bits per heavy atom. The molecule has 0 amide bonds. The third-order valence-corrected chi connectivity index (χ3v) is 2.54. The molecule has 0 spiro atoms. The van der Waals surface area contributed by atoms with Crippen molar-refractivity contribution >= 4 is 5.82 Å². The Kier molecular flexibility index (Phi) is 4.14. The van der Waals surface area contributed by atoms with Crippen LogP contribution in [-0.2, 0) is 11.3 Å². The molecule has 5 heteroatoms. The SMILES string of the molecule is CCNc1cc(OCC2CC2)nc(COC)n1. The maximum atomic E-state index is 5.66. The van der Waals surface area contributed by atoms with Gasteiger partial charge in [-0.15, -0.1) is 0 Å². The number of nitrogens with one attached hydrogen (secondary N) is 1. The van der Waals surface area contributed by atoms with Crippen LogP contribution in [0.3, 0.4) is 0 Å². The van der Waals surface area contributed by atoms with Crippen molar-refractivity contribution in [3.05, 3.63) is 11.9 Å². The van der Waals surface area contributed by atoms with Gasteiger partial charge in [-0.3, -0.25) is 0 Å². The highest BCUT2D eigenvalue weighted by atomic mass is 16.5. The molecule has 1 saturated carbocycles. The number of hydrogen-bond acceptors (Lipinski definition) is 5. The Labute approximate surface area is 102 Å². The summed E-state index contributed by atoms with van der Waals surface area (Å²) < 4.78 is 10.7. The Hall–Kier alpha value is -1.36. The van der Waals surface area contributed by atoms with E-state index in [1.807, 2.05) is 13.0 Å². The van der Waals surface area contributed by atoms with Crippen molar-refractivity contribution in [3.8, 4) is 5.88 Å². The van der Waals surface area contributed by atoms with E-state index in [4.69, 9.17) is 9.47 Å². The summed E-state index contributed by atoms with van der Waals surface area (Å²) in [4.78, 5) is 8.64. The fraction of sp³-hybridized carbons (Fsp3) is 0.667. The quantitative estimate of drug-likeness (QED) is 0.784. The third kappa shape index (κ3) is 3.85. The smallest absolute Gasteiger partial charge is 0.218 e. The third-order valence-electron chi connectivity index (χ3n) is 2.54. The standard InChI is InChI=1S/C12H19N3O2/c1-3-13-10-6-12(17-7-9-4-5-9)15-11(14-10)8-16-2/h6,9H,3-5,7-8H2,1-2H3,(H,13,14,15). The van der Waals surface area contributed by atoms with Gasteiger partial charge in [0, 0.05) is 19.7 Å². The number of hydrogen-bond donors (Lipinski definition) is 1. The molecule has 1 heterocycles. The van der Waals surface area contributed by atoms with E-state index in [2.05, 4.69) is 15.3 Å². The first kappa shape index (κ1) is 12.1. The zero-order valence-electron chi connectivity index (χ0n) is 10.4. The zero-order valence-corrected chi connectivity index (χ0v) is 10.4. The maximum absolute atomic E-state index is 5.66. The summed E-state index contributed by atoms with van der Waals surface area (Å²) in [5, 5.41) is 3.16. The molecule has 0 saturated heterocycles. The Bertz CT molecular complexity index is 343. The summed E-state index contributed by atoms with van der Waals surface area (Å²) >= 11 is 0. The summed E-state index contributed by atoms with van der Waals surface area (Å²) in [5.41, 5.74) is 0.